The minimum Gasteiger partial charge on any atom is -0.449 e. The van der Waals surface area contributed by atoms with Crippen molar-refractivity contribution in [2.45, 2.75) is 23.3 Å². The molecule has 0 bridgehead atoms. The van der Waals surface area contributed by atoms with Gasteiger partial charge in [-0.2, -0.15) is 0 Å². The average molecular weight is 335 g/mol. The summed E-state index contributed by atoms with van der Waals surface area (Å²) in [7, 11) is 0. The highest BCUT2D eigenvalue weighted by atomic mass is 32.2. The molecular weight excluding hydrogens is 321 g/mol. The second-order valence-electron chi connectivity index (χ2n) is 4.66. The van der Waals surface area contributed by atoms with E-state index in [4.69, 9.17) is 4.74 Å². The summed E-state index contributed by atoms with van der Waals surface area (Å²) in [5.41, 5.74) is -0.0205. The largest absolute Gasteiger partial charge is 0.449 e. The maximum Gasteiger partial charge on any atom is 0.303 e. The normalized spacial score (nSPS) is 13.1. The highest BCUT2D eigenvalue weighted by molar-refractivity contribution is 7.99. The fourth-order valence-corrected chi connectivity index (χ4v) is 3.02. The molecule has 0 N–H and O–H groups in total. The second kappa shape index (κ2) is 7.73. The van der Waals surface area contributed by atoms with Crippen LogP contribution in [0.15, 0.2) is 59.5 Å². The van der Waals surface area contributed by atoms with E-state index in [0.717, 1.165) is 18.7 Å². The van der Waals surface area contributed by atoms with Gasteiger partial charge in [-0.05, 0) is 30.0 Å². The van der Waals surface area contributed by atoms with Crippen molar-refractivity contribution in [3.05, 3.63) is 76.1 Å². The Bertz CT molecular complexity index is 695. The Kier molecular flexibility index (Phi) is 5.70. The second-order valence-corrected chi connectivity index (χ2v) is 5.85. The highest BCUT2D eigenvalue weighted by Crippen LogP contribution is 2.36. The molecule has 2 aromatic rings. The van der Waals surface area contributed by atoms with E-state index in [0.29, 0.717) is 4.90 Å². The Labute approximate surface area is 136 Å². The molecule has 0 aliphatic carbocycles. The summed E-state index contributed by atoms with van der Waals surface area (Å²) >= 11 is 0.907. The molecule has 23 heavy (non-hydrogen) atoms. The first-order valence-electron chi connectivity index (χ1n) is 6.76. The molecular formula is C16H14FNO4S. The number of hydrogen-bond donors (Lipinski definition) is 0. The molecule has 0 amide bonds. The summed E-state index contributed by atoms with van der Waals surface area (Å²) < 4.78 is 19.1. The Morgan fingerprint density at radius 2 is 1.78 bits per heavy atom. The van der Waals surface area contributed by atoms with Gasteiger partial charge in [0.2, 0.25) is 6.10 Å². The van der Waals surface area contributed by atoms with Crippen molar-refractivity contribution in [1.82, 2.24) is 0 Å². The molecule has 2 atom stereocenters. The van der Waals surface area contributed by atoms with Crippen LogP contribution in [0.1, 0.15) is 18.6 Å². The van der Waals surface area contributed by atoms with Crippen molar-refractivity contribution in [2.24, 2.45) is 0 Å². The number of benzene rings is 2. The van der Waals surface area contributed by atoms with Gasteiger partial charge in [0, 0.05) is 22.3 Å². The van der Waals surface area contributed by atoms with E-state index >= 15 is 0 Å². The Morgan fingerprint density at radius 1 is 1.17 bits per heavy atom. The zero-order chi connectivity index (χ0) is 16.8. The van der Waals surface area contributed by atoms with Crippen molar-refractivity contribution < 1.29 is 18.8 Å². The molecule has 0 aromatic heterocycles. The van der Waals surface area contributed by atoms with Crippen LogP contribution in [-0.4, -0.2) is 16.3 Å². The third-order valence-corrected chi connectivity index (χ3v) is 4.18. The van der Waals surface area contributed by atoms with E-state index in [1.807, 2.05) is 0 Å². The zero-order valence-corrected chi connectivity index (χ0v) is 13.0. The van der Waals surface area contributed by atoms with Gasteiger partial charge in [-0.15, -0.1) is 0 Å². The Balaban J connectivity index is 2.39. The van der Waals surface area contributed by atoms with Gasteiger partial charge in [-0.3, -0.25) is 14.9 Å². The first-order valence-corrected chi connectivity index (χ1v) is 7.64. The standard InChI is InChI=1S/C16H14FNO4S/c1-11(19)22-15(13-9-5-6-10-14(13)17)16(18(20)21)23-12-7-3-2-4-8-12/h2-10,15-16H,1H3/t15-,16-/m1/s1. The molecule has 7 heteroatoms. The minimum atomic E-state index is -1.36. The molecule has 2 aromatic carbocycles. The van der Waals surface area contributed by atoms with Gasteiger partial charge in [0.15, 0.2) is 0 Å². The molecule has 0 unspecified atom stereocenters. The summed E-state index contributed by atoms with van der Waals surface area (Å²) in [6.07, 6.45) is -1.33. The third-order valence-electron chi connectivity index (χ3n) is 2.97. The lowest BCUT2D eigenvalue weighted by molar-refractivity contribution is -0.507. The number of nitro groups is 1. The van der Waals surface area contributed by atoms with Crippen LogP contribution < -0.4 is 0 Å². The zero-order valence-electron chi connectivity index (χ0n) is 12.2. The van der Waals surface area contributed by atoms with Gasteiger partial charge in [0.1, 0.15) is 5.82 Å². The third kappa shape index (κ3) is 4.53. The van der Waals surface area contributed by atoms with Crippen LogP contribution in [0, 0.1) is 15.9 Å². The predicted molar refractivity (Wildman–Crippen MR) is 84.0 cm³/mol. The van der Waals surface area contributed by atoms with Gasteiger partial charge < -0.3 is 4.74 Å². The number of hydrogen-bond acceptors (Lipinski definition) is 5. The lowest BCUT2D eigenvalue weighted by Crippen LogP contribution is -2.28. The highest BCUT2D eigenvalue weighted by Gasteiger charge is 2.38. The fraction of sp³-hybridized carbons (Fsp3) is 0.188. The van der Waals surface area contributed by atoms with Crippen molar-refractivity contribution in [3.8, 4) is 0 Å². The van der Waals surface area contributed by atoms with Crippen molar-refractivity contribution in [3.63, 3.8) is 0 Å². The van der Waals surface area contributed by atoms with Gasteiger partial charge in [0.25, 0.3) is 0 Å². The van der Waals surface area contributed by atoms with E-state index < -0.39 is 28.2 Å². The van der Waals surface area contributed by atoms with Crippen LogP contribution in [0.3, 0.4) is 0 Å². The van der Waals surface area contributed by atoms with E-state index in [1.54, 1.807) is 36.4 Å². The van der Waals surface area contributed by atoms with Crippen LogP contribution in [0.2, 0.25) is 0 Å². The smallest absolute Gasteiger partial charge is 0.303 e. The van der Waals surface area contributed by atoms with Gasteiger partial charge >= 0.3 is 11.3 Å². The number of nitrogens with zero attached hydrogens (tertiary/aromatic N) is 1. The lowest BCUT2D eigenvalue weighted by Gasteiger charge is -2.21. The lowest BCUT2D eigenvalue weighted by atomic mass is 10.1. The summed E-state index contributed by atoms with van der Waals surface area (Å²) in [6, 6.07) is 14.2. The molecule has 0 aliphatic rings. The number of ether oxygens (including phenoxy) is 1. The molecule has 120 valence electrons. The fourth-order valence-electron chi connectivity index (χ4n) is 2.01. The van der Waals surface area contributed by atoms with E-state index in [9.17, 15) is 19.3 Å². The number of halogens is 1. The summed E-state index contributed by atoms with van der Waals surface area (Å²) in [5.74, 6) is -1.36. The van der Waals surface area contributed by atoms with Gasteiger partial charge in [-0.25, -0.2) is 4.39 Å². The molecule has 0 aliphatic heterocycles. The maximum absolute atomic E-state index is 14.0. The van der Waals surface area contributed by atoms with Crippen molar-refractivity contribution in [1.29, 1.82) is 0 Å². The first kappa shape index (κ1) is 17.0. The van der Waals surface area contributed by atoms with Crippen molar-refractivity contribution in [2.75, 3.05) is 0 Å². The number of thioether (sulfide) groups is 1. The van der Waals surface area contributed by atoms with Crippen LogP contribution in [0.4, 0.5) is 4.39 Å². The molecule has 0 radical (unpaired) electrons. The Morgan fingerprint density at radius 3 is 2.35 bits per heavy atom. The first-order chi connectivity index (χ1) is 11.0. The topological polar surface area (TPSA) is 69.4 Å². The number of carbonyl (C=O) groups is 1. The van der Waals surface area contributed by atoms with Crippen LogP contribution in [0.5, 0.6) is 0 Å². The molecule has 5 nitrogen and oxygen atoms in total. The number of rotatable bonds is 6. The predicted octanol–water partition coefficient (Wildman–Crippen LogP) is 3.83. The molecule has 0 saturated heterocycles. The van der Waals surface area contributed by atoms with E-state index in [2.05, 4.69) is 0 Å². The van der Waals surface area contributed by atoms with Crippen LogP contribution in [0.25, 0.3) is 0 Å². The molecule has 0 fully saturated rings. The number of carbonyl (C=O) groups excluding carboxylic acids is 1. The summed E-state index contributed by atoms with van der Waals surface area (Å²) in [6.45, 7) is 1.14. The van der Waals surface area contributed by atoms with Crippen LogP contribution in [-0.2, 0) is 9.53 Å². The SMILES string of the molecule is CC(=O)O[C@H](c1ccccc1F)[C@@H](Sc1ccccc1)[N+](=O)[O-]. The maximum atomic E-state index is 14.0. The summed E-state index contributed by atoms with van der Waals surface area (Å²) in [4.78, 5) is 22.9. The molecule has 0 spiro atoms. The number of esters is 1. The molecule has 0 heterocycles. The minimum absolute atomic E-state index is 0.0205. The van der Waals surface area contributed by atoms with Gasteiger partial charge in [-0.1, -0.05) is 36.4 Å². The van der Waals surface area contributed by atoms with E-state index in [1.165, 1.54) is 18.2 Å². The van der Waals surface area contributed by atoms with Crippen LogP contribution >= 0.6 is 11.8 Å². The monoisotopic (exact) mass is 335 g/mol. The molecule has 2 rings (SSSR count). The average Bonchev–Trinajstić information content (AvgIpc) is 2.52. The van der Waals surface area contributed by atoms with Gasteiger partial charge in [0.05, 0.1) is 0 Å². The quantitative estimate of drug-likeness (QED) is 0.264. The summed E-state index contributed by atoms with van der Waals surface area (Å²) in [5, 5.41) is 10.1. The van der Waals surface area contributed by atoms with E-state index in [-0.39, 0.29) is 5.56 Å². The molecule has 0 saturated carbocycles. The Hall–Kier alpha value is -2.41. The van der Waals surface area contributed by atoms with Crippen molar-refractivity contribution >= 4 is 17.7 Å².